The van der Waals surface area contributed by atoms with E-state index in [1.165, 1.54) is 0 Å². The average molecular weight is 741 g/mol. The van der Waals surface area contributed by atoms with E-state index in [1.807, 2.05) is 89.3 Å². The smallest absolute Gasteiger partial charge is 0.328 e. The molecule has 8 nitrogen and oxygen atoms in total. The van der Waals surface area contributed by atoms with Crippen LogP contribution in [0.4, 0.5) is 0 Å². The van der Waals surface area contributed by atoms with Crippen LogP contribution in [0.1, 0.15) is 93.2 Å². The first-order valence-corrected chi connectivity index (χ1v) is 19.5. The van der Waals surface area contributed by atoms with Crippen molar-refractivity contribution in [2.24, 2.45) is 0 Å². The minimum Gasteiger partial charge on any atom is -0.478 e. The molecule has 3 atom stereocenters. The Balaban J connectivity index is 2.04. The van der Waals surface area contributed by atoms with Gasteiger partial charge >= 0.3 is 11.9 Å². The van der Waals surface area contributed by atoms with Crippen LogP contribution < -0.4 is 0 Å². The van der Waals surface area contributed by atoms with E-state index in [9.17, 15) is 18.0 Å². The quantitative estimate of drug-likeness (QED) is 0.144. The van der Waals surface area contributed by atoms with Crippen molar-refractivity contribution >= 4 is 22.0 Å². The molecule has 9 heteroatoms. The summed E-state index contributed by atoms with van der Waals surface area (Å²) >= 11 is 0. The highest BCUT2D eigenvalue weighted by Crippen LogP contribution is 2.47. The molecule has 0 aromatic carbocycles. The molecule has 0 aliphatic heterocycles. The van der Waals surface area contributed by atoms with Gasteiger partial charge in [-0.25, -0.2) is 18.0 Å². The first-order valence-electron chi connectivity index (χ1n) is 18.0. The van der Waals surface area contributed by atoms with Gasteiger partial charge in [0.25, 0.3) is 0 Å². The summed E-state index contributed by atoms with van der Waals surface area (Å²) in [5.74, 6) is -1.99. The summed E-state index contributed by atoms with van der Waals surface area (Å²) < 4.78 is 30.3. The van der Waals surface area contributed by atoms with E-state index < -0.39 is 32.1 Å². The first kappa shape index (κ1) is 42.8. The average Bonchev–Trinajstić information content (AvgIpc) is 3.07. The predicted octanol–water partition coefficient (Wildman–Crippen LogP) is 9.52. The zero-order valence-corrected chi connectivity index (χ0v) is 33.5. The zero-order chi connectivity index (χ0) is 39.6. The van der Waals surface area contributed by atoms with Crippen molar-refractivity contribution in [1.29, 1.82) is 0 Å². The van der Waals surface area contributed by atoms with Gasteiger partial charge in [0.05, 0.1) is 5.69 Å². The van der Waals surface area contributed by atoms with Crippen molar-refractivity contribution < 1.29 is 28.2 Å². The van der Waals surface area contributed by atoms with Gasteiger partial charge in [-0.1, -0.05) is 89.1 Å². The van der Waals surface area contributed by atoms with Gasteiger partial charge in [0.15, 0.2) is 0 Å². The number of aliphatic carboxylic acids is 2. The van der Waals surface area contributed by atoms with E-state index in [4.69, 9.17) is 15.2 Å². The molecule has 0 amide bonds. The lowest BCUT2D eigenvalue weighted by molar-refractivity contribution is -0.132. The molecule has 0 saturated heterocycles. The van der Waals surface area contributed by atoms with Crippen LogP contribution in [0.25, 0.3) is 0 Å². The van der Waals surface area contributed by atoms with E-state index in [2.05, 4.69) is 13.0 Å². The van der Waals surface area contributed by atoms with Gasteiger partial charge in [-0.05, 0) is 122 Å². The number of pyridine rings is 1. The van der Waals surface area contributed by atoms with Crippen molar-refractivity contribution in [3.63, 3.8) is 0 Å². The van der Waals surface area contributed by atoms with Crippen molar-refractivity contribution in [1.82, 2.24) is 9.29 Å². The molecule has 0 radical (unpaired) electrons. The number of allylic oxidation sites excluding steroid dienone is 16. The molecule has 0 saturated carbocycles. The molecule has 1 unspecified atom stereocenters. The summed E-state index contributed by atoms with van der Waals surface area (Å²) in [7, 11) is -2.14. The van der Waals surface area contributed by atoms with Crippen LogP contribution in [0.15, 0.2) is 142 Å². The van der Waals surface area contributed by atoms with Crippen LogP contribution in [-0.4, -0.2) is 57.7 Å². The SMILES string of the molecule is CC1=C(/C=C/C(C)=C/C=C/C(C)=C/C(=O)O)[C@@](C)(S(=O)(=O)N(C)C2CC[C@](C)(c3ccccn3)C(/C=C/C(C)=C/C=C/C(C)=C/C(=O)O)=C2C)CCC1. The van der Waals surface area contributed by atoms with Gasteiger partial charge in [-0.3, -0.25) is 4.98 Å². The molecular formula is C44H56N2O6S. The topological polar surface area (TPSA) is 125 Å². The van der Waals surface area contributed by atoms with E-state index >= 15 is 0 Å². The first-order chi connectivity index (χ1) is 24.8. The van der Waals surface area contributed by atoms with Gasteiger partial charge in [-0.15, -0.1) is 0 Å². The van der Waals surface area contributed by atoms with Crippen molar-refractivity contribution in [3.8, 4) is 0 Å². The Hall–Kier alpha value is -4.60. The van der Waals surface area contributed by atoms with E-state index in [1.54, 1.807) is 49.6 Å². The molecule has 1 aromatic heterocycles. The summed E-state index contributed by atoms with van der Waals surface area (Å²) in [6.45, 7) is 15.4. The highest BCUT2D eigenvalue weighted by molar-refractivity contribution is 7.90. The molecule has 284 valence electrons. The van der Waals surface area contributed by atoms with Gasteiger partial charge in [-0.2, -0.15) is 4.31 Å². The van der Waals surface area contributed by atoms with Gasteiger partial charge < -0.3 is 10.2 Å². The number of hydrogen-bond acceptors (Lipinski definition) is 5. The second kappa shape index (κ2) is 18.4. The Morgan fingerprint density at radius 2 is 1.38 bits per heavy atom. The van der Waals surface area contributed by atoms with E-state index in [0.29, 0.717) is 30.4 Å². The van der Waals surface area contributed by atoms with E-state index in [0.717, 1.165) is 64.1 Å². The standard InChI is InChI=1S/C44H56N2O6S/c1-31(15-12-17-33(3)29-41(47)48)21-23-37-35(5)19-14-26-44(37,8)53(51,52)46(9)39-25-27-43(7,40-20-10-11-28-45-40)38(36(39)6)24-22-32(2)16-13-18-34(4)30-42(49)50/h10-13,15-18,20-24,28-30,39H,14,19,25-27H2,1-9H3,(H,47,48)(H,49,50)/b17-12+,18-13+,23-21+,24-22+,31-15+,32-16+,33-29+,34-30+/t39?,43-,44-/m0/s1. The van der Waals surface area contributed by atoms with Crippen molar-refractivity contribution in [2.75, 3.05) is 7.05 Å². The highest BCUT2D eigenvalue weighted by atomic mass is 32.2. The van der Waals surface area contributed by atoms with Crippen molar-refractivity contribution in [3.05, 3.63) is 148 Å². The van der Waals surface area contributed by atoms with Crippen LogP contribution in [0.5, 0.6) is 0 Å². The van der Waals surface area contributed by atoms with Crippen LogP contribution >= 0.6 is 0 Å². The molecule has 0 fully saturated rings. The molecule has 1 aromatic rings. The van der Waals surface area contributed by atoms with Gasteiger partial charge in [0.2, 0.25) is 10.0 Å². The monoisotopic (exact) mass is 740 g/mol. The van der Waals surface area contributed by atoms with Crippen LogP contribution in [0.3, 0.4) is 0 Å². The molecule has 2 N–H and O–H groups in total. The second-order valence-electron chi connectivity index (χ2n) is 14.7. The van der Waals surface area contributed by atoms with Gasteiger partial charge in [0, 0.05) is 36.9 Å². The Bertz CT molecular complexity index is 1970. The summed E-state index contributed by atoms with van der Waals surface area (Å²) in [4.78, 5) is 26.7. The third-order valence-electron chi connectivity index (χ3n) is 10.5. The molecule has 0 bridgehead atoms. The zero-order valence-electron chi connectivity index (χ0n) is 32.7. The Morgan fingerprint density at radius 3 is 1.89 bits per heavy atom. The minimum absolute atomic E-state index is 0.359. The van der Waals surface area contributed by atoms with E-state index in [-0.39, 0.29) is 6.04 Å². The number of carboxylic acid groups (broad SMARTS) is 2. The molecular weight excluding hydrogens is 685 g/mol. The number of likely N-dealkylation sites (N-methyl/N-ethyl adjacent to an activating group) is 1. The Kier molecular flexibility index (Phi) is 14.9. The Morgan fingerprint density at radius 1 is 0.830 bits per heavy atom. The second-order valence-corrected chi connectivity index (χ2v) is 17.1. The van der Waals surface area contributed by atoms with Crippen LogP contribution in [0.2, 0.25) is 0 Å². The van der Waals surface area contributed by atoms with Gasteiger partial charge in [0.1, 0.15) is 4.75 Å². The molecule has 53 heavy (non-hydrogen) atoms. The lowest BCUT2D eigenvalue weighted by atomic mass is 9.67. The van der Waals surface area contributed by atoms with Crippen LogP contribution in [0, 0.1) is 0 Å². The molecule has 3 rings (SSSR count). The number of aromatic nitrogens is 1. The number of nitrogens with zero attached hydrogens (tertiary/aromatic N) is 2. The molecule has 2 aliphatic carbocycles. The van der Waals surface area contributed by atoms with Crippen LogP contribution in [-0.2, 0) is 25.0 Å². The Labute approximate surface area is 316 Å². The number of carbonyl (C=O) groups is 2. The third-order valence-corrected chi connectivity index (χ3v) is 13.0. The summed E-state index contributed by atoms with van der Waals surface area (Å²) in [6.07, 6.45) is 26.4. The lowest BCUT2D eigenvalue weighted by Gasteiger charge is -2.45. The number of hydrogen-bond donors (Lipinski definition) is 2. The highest BCUT2D eigenvalue weighted by Gasteiger charge is 2.49. The maximum Gasteiger partial charge on any atom is 0.328 e. The minimum atomic E-state index is -3.86. The maximum atomic E-state index is 14.9. The summed E-state index contributed by atoms with van der Waals surface area (Å²) in [5.41, 5.74) is 7.46. The molecule has 1 heterocycles. The third kappa shape index (κ3) is 10.7. The molecule has 0 spiro atoms. The fraction of sp³-hybridized carbons (Fsp3) is 0.386. The lowest BCUT2D eigenvalue weighted by Crippen LogP contribution is -2.52. The predicted molar refractivity (Wildman–Crippen MR) is 216 cm³/mol. The largest absolute Gasteiger partial charge is 0.478 e. The fourth-order valence-electron chi connectivity index (χ4n) is 7.33. The van der Waals surface area contributed by atoms with Crippen molar-refractivity contribution in [2.45, 2.75) is 104 Å². The number of carboxylic acids is 2. The number of rotatable bonds is 14. The maximum absolute atomic E-state index is 14.9. The summed E-state index contributed by atoms with van der Waals surface area (Å²) in [5, 5.41) is 18.0. The fourth-order valence-corrected chi connectivity index (χ4v) is 9.49. The number of sulfonamides is 1. The normalized spacial score (nSPS) is 24.5. The molecule has 2 aliphatic rings. The summed E-state index contributed by atoms with van der Waals surface area (Å²) in [6, 6.07) is 5.54.